The topological polar surface area (TPSA) is 64.1 Å². The van der Waals surface area contributed by atoms with Crippen molar-refractivity contribution < 1.29 is 14.2 Å². The number of hydrogen-bond donors (Lipinski definition) is 2. The lowest BCUT2D eigenvalue weighted by atomic mass is 10.2. The fourth-order valence-electron chi connectivity index (χ4n) is 2.41. The van der Waals surface area contributed by atoms with Gasteiger partial charge in [0.2, 0.25) is 0 Å². The van der Waals surface area contributed by atoms with E-state index in [-0.39, 0.29) is 6.10 Å². The Kier molecular flexibility index (Phi) is 7.61. The molecule has 0 saturated heterocycles. The zero-order chi connectivity index (χ0) is 18.8. The zero-order valence-corrected chi connectivity index (χ0v) is 15.8. The Morgan fingerprint density at radius 2 is 1.77 bits per heavy atom. The van der Waals surface area contributed by atoms with Gasteiger partial charge in [0, 0.05) is 25.2 Å². The quantitative estimate of drug-likeness (QED) is 0.562. The van der Waals surface area contributed by atoms with Crippen LogP contribution >= 0.6 is 0 Å². The van der Waals surface area contributed by atoms with Crippen molar-refractivity contribution in [1.29, 1.82) is 0 Å². The molecule has 1 unspecified atom stereocenters. The summed E-state index contributed by atoms with van der Waals surface area (Å²) in [5.74, 6) is 3.09. The summed E-state index contributed by atoms with van der Waals surface area (Å²) in [6.45, 7) is 3.23. The van der Waals surface area contributed by atoms with Crippen LogP contribution in [0.15, 0.2) is 53.5 Å². The largest absolute Gasteiger partial charge is 0.497 e. The number of benzene rings is 2. The Labute approximate surface area is 155 Å². The minimum Gasteiger partial charge on any atom is -0.497 e. The molecule has 2 rings (SSSR count). The fourth-order valence-corrected chi connectivity index (χ4v) is 2.41. The summed E-state index contributed by atoms with van der Waals surface area (Å²) >= 11 is 0. The van der Waals surface area contributed by atoms with Crippen molar-refractivity contribution in [3.63, 3.8) is 0 Å². The Hall–Kier alpha value is -2.89. The predicted molar refractivity (Wildman–Crippen MR) is 104 cm³/mol. The molecule has 1 atom stereocenters. The monoisotopic (exact) mass is 357 g/mol. The first-order valence-corrected chi connectivity index (χ1v) is 8.53. The summed E-state index contributed by atoms with van der Waals surface area (Å²) in [4.78, 5) is 4.24. The standard InChI is InChI=1S/C20H27N3O3/c1-15(26-17-8-6-5-7-9-17)13-22-20(21-2)23-14-16-10-11-18(24-3)12-19(16)25-4/h5-12,15H,13-14H2,1-4H3,(H2,21,22,23). The lowest BCUT2D eigenvalue weighted by molar-refractivity contribution is 0.224. The summed E-state index contributed by atoms with van der Waals surface area (Å²) < 4.78 is 16.5. The van der Waals surface area contributed by atoms with Crippen LogP contribution in [-0.4, -0.2) is 39.9 Å². The first kappa shape index (κ1) is 19.4. The molecule has 0 aliphatic heterocycles. The van der Waals surface area contributed by atoms with Crippen molar-refractivity contribution >= 4 is 5.96 Å². The molecule has 0 amide bonds. The van der Waals surface area contributed by atoms with E-state index in [1.165, 1.54) is 0 Å². The molecule has 0 aliphatic rings. The molecular weight excluding hydrogens is 330 g/mol. The van der Waals surface area contributed by atoms with Crippen molar-refractivity contribution in [3.05, 3.63) is 54.1 Å². The average Bonchev–Trinajstić information content (AvgIpc) is 2.68. The molecule has 2 aromatic carbocycles. The van der Waals surface area contributed by atoms with E-state index in [1.807, 2.05) is 55.5 Å². The molecule has 2 N–H and O–H groups in total. The summed E-state index contributed by atoms with van der Waals surface area (Å²) in [6, 6.07) is 15.5. The van der Waals surface area contributed by atoms with Crippen molar-refractivity contribution in [3.8, 4) is 17.2 Å². The maximum Gasteiger partial charge on any atom is 0.191 e. The van der Waals surface area contributed by atoms with E-state index in [1.54, 1.807) is 21.3 Å². The molecular formula is C20H27N3O3. The van der Waals surface area contributed by atoms with Gasteiger partial charge in [-0.15, -0.1) is 0 Å². The van der Waals surface area contributed by atoms with Crippen molar-refractivity contribution in [2.75, 3.05) is 27.8 Å². The number of guanidine groups is 1. The van der Waals surface area contributed by atoms with Crippen molar-refractivity contribution in [2.24, 2.45) is 4.99 Å². The van der Waals surface area contributed by atoms with Gasteiger partial charge >= 0.3 is 0 Å². The molecule has 0 fully saturated rings. The zero-order valence-electron chi connectivity index (χ0n) is 15.8. The van der Waals surface area contributed by atoms with Crippen LogP contribution in [0.5, 0.6) is 17.2 Å². The predicted octanol–water partition coefficient (Wildman–Crippen LogP) is 2.84. The van der Waals surface area contributed by atoms with E-state index < -0.39 is 0 Å². The maximum atomic E-state index is 5.85. The van der Waals surface area contributed by atoms with Crippen LogP contribution in [-0.2, 0) is 6.54 Å². The number of rotatable bonds is 8. The number of methoxy groups -OCH3 is 2. The number of aliphatic imine (C=N–C) groups is 1. The maximum absolute atomic E-state index is 5.85. The van der Waals surface area contributed by atoms with Gasteiger partial charge < -0.3 is 24.8 Å². The second-order valence-electron chi connectivity index (χ2n) is 5.73. The minimum absolute atomic E-state index is 0.00599. The van der Waals surface area contributed by atoms with Gasteiger partial charge in [-0.25, -0.2) is 0 Å². The molecule has 26 heavy (non-hydrogen) atoms. The van der Waals surface area contributed by atoms with Gasteiger partial charge in [0.05, 0.1) is 20.8 Å². The van der Waals surface area contributed by atoms with Gasteiger partial charge in [0.1, 0.15) is 23.4 Å². The van der Waals surface area contributed by atoms with Crippen LogP contribution in [0.4, 0.5) is 0 Å². The SMILES string of the molecule is CN=C(NCc1ccc(OC)cc1OC)NCC(C)Oc1ccccc1. The van der Waals surface area contributed by atoms with E-state index in [0.717, 1.165) is 22.8 Å². The first-order valence-electron chi connectivity index (χ1n) is 8.53. The molecule has 0 saturated carbocycles. The highest BCUT2D eigenvalue weighted by Crippen LogP contribution is 2.24. The second-order valence-corrected chi connectivity index (χ2v) is 5.73. The third-order valence-corrected chi connectivity index (χ3v) is 3.80. The van der Waals surface area contributed by atoms with E-state index in [4.69, 9.17) is 14.2 Å². The molecule has 6 heteroatoms. The van der Waals surface area contributed by atoms with Crippen LogP contribution < -0.4 is 24.8 Å². The van der Waals surface area contributed by atoms with E-state index in [0.29, 0.717) is 19.0 Å². The first-order chi connectivity index (χ1) is 12.7. The van der Waals surface area contributed by atoms with Gasteiger partial charge in [0.25, 0.3) is 0 Å². The van der Waals surface area contributed by atoms with Gasteiger partial charge in [-0.05, 0) is 31.2 Å². The Bertz CT molecular complexity index is 705. The highest BCUT2D eigenvalue weighted by Gasteiger charge is 2.08. The van der Waals surface area contributed by atoms with Crippen molar-refractivity contribution in [2.45, 2.75) is 19.6 Å². The average molecular weight is 357 g/mol. The number of nitrogens with zero attached hydrogens (tertiary/aromatic N) is 1. The van der Waals surface area contributed by atoms with Gasteiger partial charge in [0.15, 0.2) is 5.96 Å². The Morgan fingerprint density at radius 1 is 1.00 bits per heavy atom. The smallest absolute Gasteiger partial charge is 0.191 e. The number of hydrogen-bond acceptors (Lipinski definition) is 4. The van der Waals surface area contributed by atoms with Crippen LogP contribution in [0.3, 0.4) is 0 Å². The Morgan fingerprint density at radius 3 is 2.42 bits per heavy atom. The lowest BCUT2D eigenvalue weighted by Crippen LogP contribution is -2.41. The summed E-state index contributed by atoms with van der Waals surface area (Å²) in [7, 11) is 5.02. The third kappa shape index (κ3) is 5.88. The highest BCUT2D eigenvalue weighted by atomic mass is 16.5. The summed E-state index contributed by atoms with van der Waals surface area (Å²) in [6.07, 6.45) is 0.00599. The second kappa shape index (κ2) is 10.2. The summed E-state index contributed by atoms with van der Waals surface area (Å²) in [5, 5.41) is 6.55. The minimum atomic E-state index is 0.00599. The fraction of sp³-hybridized carbons (Fsp3) is 0.350. The van der Waals surface area contributed by atoms with Gasteiger partial charge in [-0.2, -0.15) is 0 Å². The van der Waals surface area contributed by atoms with Crippen molar-refractivity contribution in [1.82, 2.24) is 10.6 Å². The summed E-state index contributed by atoms with van der Waals surface area (Å²) in [5.41, 5.74) is 1.02. The third-order valence-electron chi connectivity index (χ3n) is 3.80. The molecule has 0 radical (unpaired) electrons. The molecule has 0 bridgehead atoms. The molecule has 0 heterocycles. The van der Waals surface area contributed by atoms with Crippen LogP contribution in [0, 0.1) is 0 Å². The number of para-hydroxylation sites is 1. The molecule has 0 spiro atoms. The molecule has 2 aromatic rings. The van der Waals surface area contributed by atoms with Crippen LogP contribution in [0.1, 0.15) is 12.5 Å². The van der Waals surface area contributed by atoms with Crippen LogP contribution in [0.2, 0.25) is 0 Å². The Balaban J connectivity index is 1.84. The van der Waals surface area contributed by atoms with E-state index >= 15 is 0 Å². The van der Waals surface area contributed by atoms with Crippen LogP contribution in [0.25, 0.3) is 0 Å². The molecule has 0 aromatic heterocycles. The molecule has 6 nitrogen and oxygen atoms in total. The normalized spacial score (nSPS) is 12.2. The molecule has 0 aliphatic carbocycles. The number of nitrogens with one attached hydrogen (secondary N) is 2. The van der Waals surface area contributed by atoms with Gasteiger partial charge in [-0.1, -0.05) is 18.2 Å². The molecule has 140 valence electrons. The highest BCUT2D eigenvalue weighted by molar-refractivity contribution is 5.79. The van der Waals surface area contributed by atoms with E-state index in [2.05, 4.69) is 15.6 Å². The van der Waals surface area contributed by atoms with Gasteiger partial charge in [-0.3, -0.25) is 4.99 Å². The lowest BCUT2D eigenvalue weighted by Gasteiger charge is -2.18. The number of ether oxygens (including phenoxy) is 3. The van der Waals surface area contributed by atoms with E-state index in [9.17, 15) is 0 Å².